The van der Waals surface area contributed by atoms with Crippen LogP contribution >= 0.6 is 0 Å². The van der Waals surface area contributed by atoms with Crippen LogP contribution in [-0.4, -0.2) is 13.1 Å². The van der Waals surface area contributed by atoms with Crippen LogP contribution in [0, 0.1) is 0 Å². The molecule has 76 valence electrons. The summed E-state index contributed by atoms with van der Waals surface area (Å²) in [6.07, 6.45) is 7.32. The fourth-order valence-corrected chi connectivity index (χ4v) is 2.04. The van der Waals surface area contributed by atoms with Gasteiger partial charge in [0.2, 0.25) is 0 Å². The molecule has 15 heavy (non-hydrogen) atoms. The lowest BCUT2D eigenvalue weighted by Gasteiger charge is -2.24. The SMILES string of the molecule is C1=CCN(c2cc3cccoc-3c2)CC1. The molecule has 2 nitrogen and oxygen atoms in total. The van der Waals surface area contributed by atoms with E-state index in [0.717, 1.165) is 25.3 Å². The molecule has 1 aliphatic carbocycles. The van der Waals surface area contributed by atoms with Crippen LogP contribution in [0.15, 0.2) is 47.1 Å². The number of hydrogen-bond donors (Lipinski definition) is 0. The summed E-state index contributed by atoms with van der Waals surface area (Å²) < 4.78 is 5.44. The fraction of sp³-hybridized carbons (Fsp3) is 0.231. The topological polar surface area (TPSA) is 16.4 Å². The molecule has 0 aromatic rings. The van der Waals surface area contributed by atoms with Crippen molar-refractivity contribution in [3.05, 3.63) is 42.7 Å². The fourth-order valence-electron chi connectivity index (χ4n) is 2.04. The monoisotopic (exact) mass is 199 g/mol. The van der Waals surface area contributed by atoms with Crippen molar-refractivity contribution in [2.45, 2.75) is 6.42 Å². The molecule has 3 aliphatic rings. The highest BCUT2D eigenvalue weighted by molar-refractivity contribution is 5.71. The molecule has 2 heterocycles. The van der Waals surface area contributed by atoms with Crippen molar-refractivity contribution >= 4 is 5.69 Å². The Morgan fingerprint density at radius 3 is 3.00 bits per heavy atom. The Labute approximate surface area is 89.2 Å². The minimum Gasteiger partial charge on any atom is -0.464 e. The van der Waals surface area contributed by atoms with E-state index < -0.39 is 0 Å². The Balaban J connectivity index is 1.98. The van der Waals surface area contributed by atoms with E-state index in [1.807, 2.05) is 6.07 Å². The van der Waals surface area contributed by atoms with Crippen LogP contribution in [0.2, 0.25) is 0 Å². The molecule has 0 amide bonds. The molecule has 0 bridgehead atoms. The summed E-state index contributed by atoms with van der Waals surface area (Å²) in [5.41, 5.74) is 2.45. The van der Waals surface area contributed by atoms with E-state index in [-0.39, 0.29) is 0 Å². The summed E-state index contributed by atoms with van der Waals surface area (Å²) in [6.45, 7) is 2.11. The maximum Gasteiger partial charge on any atom is 0.135 e. The lowest BCUT2D eigenvalue weighted by Crippen LogP contribution is -2.25. The molecule has 0 aromatic heterocycles. The van der Waals surface area contributed by atoms with E-state index >= 15 is 0 Å². The molecular weight excluding hydrogens is 186 g/mol. The van der Waals surface area contributed by atoms with Gasteiger partial charge in [0.1, 0.15) is 5.76 Å². The molecule has 0 saturated heterocycles. The second kappa shape index (κ2) is 3.46. The Morgan fingerprint density at radius 1 is 1.20 bits per heavy atom. The zero-order valence-corrected chi connectivity index (χ0v) is 8.52. The lowest BCUT2D eigenvalue weighted by atomic mass is 10.2. The van der Waals surface area contributed by atoms with Gasteiger partial charge in [0.15, 0.2) is 0 Å². The molecule has 0 aromatic carbocycles. The Kier molecular flexibility index (Phi) is 1.98. The molecule has 0 unspecified atom stereocenters. The first-order chi connectivity index (χ1) is 7.43. The first kappa shape index (κ1) is 8.60. The van der Waals surface area contributed by atoms with Crippen LogP contribution in [0.1, 0.15) is 6.42 Å². The van der Waals surface area contributed by atoms with Gasteiger partial charge in [-0.05, 0) is 24.6 Å². The van der Waals surface area contributed by atoms with Gasteiger partial charge in [0.05, 0.1) is 6.26 Å². The van der Waals surface area contributed by atoms with Crippen molar-refractivity contribution < 1.29 is 4.42 Å². The third-order valence-electron chi connectivity index (χ3n) is 2.84. The van der Waals surface area contributed by atoms with Gasteiger partial charge in [-0.2, -0.15) is 0 Å². The number of hydrogen-bond acceptors (Lipinski definition) is 2. The summed E-state index contributed by atoms with van der Waals surface area (Å²) in [4.78, 5) is 2.37. The van der Waals surface area contributed by atoms with Crippen molar-refractivity contribution in [2.24, 2.45) is 0 Å². The standard InChI is InChI=1S/C13H13NO/c1-2-6-14(7-3-1)12-9-11-5-4-8-15-13(11)10-12/h1-2,4-5,8-10H,3,6-7H2. The highest BCUT2D eigenvalue weighted by Crippen LogP contribution is 2.31. The number of rotatable bonds is 1. The number of anilines is 1. The van der Waals surface area contributed by atoms with Crippen molar-refractivity contribution in [3.8, 4) is 11.3 Å². The zero-order valence-electron chi connectivity index (χ0n) is 8.52. The van der Waals surface area contributed by atoms with Gasteiger partial charge in [-0.15, -0.1) is 0 Å². The van der Waals surface area contributed by atoms with Crippen LogP contribution in [0.4, 0.5) is 5.69 Å². The smallest absolute Gasteiger partial charge is 0.135 e. The third kappa shape index (κ3) is 1.52. The Bertz CT molecular complexity index is 428. The van der Waals surface area contributed by atoms with Crippen molar-refractivity contribution in [1.82, 2.24) is 0 Å². The van der Waals surface area contributed by atoms with Gasteiger partial charge in [-0.25, -0.2) is 0 Å². The van der Waals surface area contributed by atoms with E-state index in [1.54, 1.807) is 6.26 Å². The highest BCUT2D eigenvalue weighted by atomic mass is 16.3. The average molecular weight is 199 g/mol. The molecule has 0 atom stereocenters. The molecule has 0 radical (unpaired) electrons. The van der Waals surface area contributed by atoms with E-state index in [1.165, 1.54) is 11.3 Å². The first-order valence-corrected chi connectivity index (χ1v) is 5.31. The minimum atomic E-state index is 0.974. The van der Waals surface area contributed by atoms with Gasteiger partial charge >= 0.3 is 0 Å². The van der Waals surface area contributed by atoms with Crippen LogP contribution in [0.3, 0.4) is 0 Å². The molecule has 0 saturated carbocycles. The zero-order chi connectivity index (χ0) is 10.1. The Hall–Kier alpha value is -1.70. The van der Waals surface area contributed by atoms with E-state index in [9.17, 15) is 0 Å². The van der Waals surface area contributed by atoms with E-state index in [2.05, 4.69) is 35.3 Å². The van der Waals surface area contributed by atoms with E-state index in [0.29, 0.717) is 0 Å². The summed E-state index contributed by atoms with van der Waals surface area (Å²) in [6, 6.07) is 8.33. The molecule has 2 aliphatic heterocycles. The largest absolute Gasteiger partial charge is 0.464 e. The van der Waals surface area contributed by atoms with Gasteiger partial charge in [-0.1, -0.05) is 12.2 Å². The summed E-state index contributed by atoms with van der Waals surface area (Å²) in [5, 5.41) is 0. The van der Waals surface area contributed by atoms with Crippen LogP contribution in [0.5, 0.6) is 0 Å². The van der Waals surface area contributed by atoms with Crippen molar-refractivity contribution in [1.29, 1.82) is 0 Å². The normalized spacial score (nSPS) is 16.1. The summed E-state index contributed by atoms with van der Waals surface area (Å²) in [7, 11) is 0. The number of nitrogens with zero attached hydrogens (tertiary/aromatic N) is 1. The van der Waals surface area contributed by atoms with Gasteiger partial charge in [0.25, 0.3) is 0 Å². The van der Waals surface area contributed by atoms with Gasteiger partial charge < -0.3 is 9.32 Å². The second-order valence-electron chi connectivity index (χ2n) is 3.85. The summed E-state index contributed by atoms with van der Waals surface area (Å²) in [5.74, 6) is 0.974. The molecule has 0 N–H and O–H groups in total. The quantitative estimate of drug-likeness (QED) is 0.656. The van der Waals surface area contributed by atoms with Crippen molar-refractivity contribution in [2.75, 3.05) is 18.0 Å². The molecule has 0 fully saturated rings. The van der Waals surface area contributed by atoms with Crippen LogP contribution < -0.4 is 4.90 Å². The lowest BCUT2D eigenvalue weighted by molar-refractivity contribution is 0.567. The number of fused-ring (bicyclic) bond motifs is 1. The van der Waals surface area contributed by atoms with Gasteiger partial charge in [0, 0.05) is 30.4 Å². The molecular formula is C13H13NO. The highest BCUT2D eigenvalue weighted by Gasteiger charge is 2.13. The second-order valence-corrected chi connectivity index (χ2v) is 3.85. The van der Waals surface area contributed by atoms with Crippen LogP contribution in [-0.2, 0) is 0 Å². The maximum atomic E-state index is 5.44. The van der Waals surface area contributed by atoms with Crippen molar-refractivity contribution in [3.63, 3.8) is 0 Å². The average Bonchev–Trinajstić information content (AvgIpc) is 2.74. The predicted molar refractivity (Wildman–Crippen MR) is 61.3 cm³/mol. The molecule has 3 rings (SSSR count). The van der Waals surface area contributed by atoms with Gasteiger partial charge in [-0.3, -0.25) is 0 Å². The first-order valence-electron chi connectivity index (χ1n) is 5.31. The third-order valence-corrected chi connectivity index (χ3v) is 2.84. The molecule has 0 spiro atoms. The Morgan fingerprint density at radius 2 is 2.20 bits per heavy atom. The van der Waals surface area contributed by atoms with E-state index in [4.69, 9.17) is 4.42 Å². The predicted octanol–water partition coefficient (Wildman–Crippen LogP) is 3.15. The van der Waals surface area contributed by atoms with Crippen LogP contribution in [0.25, 0.3) is 11.3 Å². The minimum absolute atomic E-state index is 0.974. The summed E-state index contributed by atoms with van der Waals surface area (Å²) >= 11 is 0. The molecule has 2 heteroatoms. The maximum absolute atomic E-state index is 5.44.